The normalized spacial score (nSPS) is 13.9. The van der Waals surface area contributed by atoms with Gasteiger partial charge >= 0.3 is 12.1 Å². The first-order valence-electron chi connectivity index (χ1n) is 10.6. The summed E-state index contributed by atoms with van der Waals surface area (Å²) in [5, 5.41) is 12.1. The molecule has 0 bridgehead atoms. The number of esters is 1. The number of aromatic nitrogens is 2. The van der Waals surface area contributed by atoms with E-state index in [4.69, 9.17) is 19.3 Å². The fourth-order valence-electron chi connectivity index (χ4n) is 4.20. The van der Waals surface area contributed by atoms with Gasteiger partial charge in [0.15, 0.2) is 6.61 Å². The molecule has 34 heavy (non-hydrogen) atoms. The van der Waals surface area contributed by atoms with Crippen molar-refractivity contribution in [3.8, 4) is 17.1 Å². The summed E-state index contributed by atoms with van der Waals surface area (Å²) >= 11 is 0. The van der Waals surface area contributed by atoms with Crippen molar-refractivity contribution in [2.75, 3.05) is 19.8 Å². The van der Waals surface area contributed by atoms with Crippen molar-refractivity contribution >= 4 is 23.0 Å². The third-order valence-corrected chi connectivity index (χ3v) is 5.86. The van der Waals surface area contributed by atoms with Crippen LogP contribution in [0.1, 0.15) is 22.3 Å². The standard InChI is InChI=1S/C23H20FN3O7/c1-11-4-12-13(7-25-23(31)32-3-2-28)14-8-27-18(21(14)26-17(12)5-16(11)24)6-19-15(22(27)30)9-34-20(29)10-33-19/h4-6,28H,2-3,7-10H2,1H3,(H,25,31). The van der Waals surface area contributed by atoms with Crippen molar-refractivity contribution in [3.63, 3.8) is 0 Å². The molecular formula is C23H20FN3O7. The minimum atomic E-state index is -0.721. The average Bonchev–Trinajstić information content (AvgIpc) is 3.06. The second-order valence-electron chi connectivity index (χ2n) is 7.96. The molecule has 5 rings (SSSR count). The number of carbonyl (C=O) groups excluding carboxylic acids is 2. The van der Waals surface area contributed by atoms with Gasteiger partial charge in [-0.2, -0.15) is 0 Å². The molecule has 0 spiro atoms. The van der Waals surface area contributed by atoms with Crippen molar-refractivity contribution in [3.05, 3.63) is 56.6 Å². The van der Waals surface area contributed by atoms with E-state index in [1.165, 1.54) is 10.6 Å². The first-order valence-corrected chi connectivity index (χ1v) is 10.6. The van der Waals surface area contributed by atoms with Crippen molar-refractivity contribution in [1.82, 2.24) is 14.9 Å². The Hall–Kier alpha value is -3.99. The van der Waals surface area contributed by atoms with Crippen LogP contribution in [-0.2, 0) is 34.0 Å². The number of fused-ring (bicyclic) bond motifs is 5. The molecule has 2 N–H and O–H groups in total. The number of hydrogen-bond donors (Lipinski definition) is 2. The lowest BCUT2D eigenvalue weighted by Gasteiger charge is -2.14. The molecule has 2 aliphatic heterocycles. The largest absolute Gasteiger partial charge is 0.481 e. The zero-order valence-corrected chi connectivity index (χ0v) is 18.1. The number of pyridine rings is 2. The molecule has 4 heterocycles. The number of nitrogens with one attached hydrogen (secondary N) is 1. The highest BCUT2D eigenvalue weighted by atomic mass is 19.1. The molecule has 176 valence electrons. The first kappa shape index (κ1) is 21.8. The maximum atomic E-state index is 14.4. The zero-order chi connectivity index (χ0) is 24.0. The molecule has 0 saturated heterocycles. The third-order valence-electron chi connectivity index (χ3n) is 5.86. The number of aliphatic hydroxyl groups excluding tert-OH is 1. The second-order valence-corrected chi connectivity index (χ2v) is 7.96. The van der Waals surface area contributed by atoms with Gasteiger partial charge in [-0.15, -0.1) is 0 Å². The smallest absolute Gasteiger partial charge is 0.407 e. The molecule has 0 radical (unpaired) electrons. The number of carbonyl (C=O) groups is 2. The Labute approximate surface area is 191 Å². The molecule has 2 aromatic heterocycles. The highest BCUT2D eigenvalue weighted by Gasteiger charge is 2.30. The van der Waals surface area contributed by atoms with E-state index >= 15 is 0 Å². The highest BCUT2D eigenvalue weighted by Crippen LogP contribution is 2.38. The van der Waals surface area contributed by atoms with E-state index in [1.54, 1.807) is 19.1 Å². The summed E-state index contributed by atoms with van der Waals surface area (Å²) < 4.78 is 31.3. The number of ether oxygens (including phenoxy) is 3. The van der Waals surface area contributed by atoms with E-state index in [0.717, 1.165) is 0 Å². The second kappa shape index (κ2) is 8.41. The Morgan fingerprint density at radius 1 is 1.24 bits per heavy atom. The van der Waals surface area contributed by atoms with Crippen molar-refractivity contribution < 1.29 is 33.3 Å². The van der Waals surface area contributed by atoms with E-state index in [0.29, 0.717) is 39.0 Å². The lowest BCUT2D eigenvalue weighted by atomic mass is 9.99. The van der Waals surface area contributed by atoms with E-state index in [1.807, 2.05) is 0 Å². The van der Waals surface area contributed by atoms with Gasteiger partial charge in [-0.05, 0) is 24.1 Å². The molecule has 2 aliphatic rings. The van der Waals surface area contributed by atoms with Crippen LogP contribution >= 0.6 is 0 Å². The van der Waals surface area contributed by atoms with Gasteiger partial charge < -0.3 is 29.2 Å². The van der Waals surface area contributed by atoms with E-state index in [-0.39, 0.29) is 56.4 Å². The van der Waals surface area contributed by atoms with Gasteiger partial charge in [-0.25, -0.2) is 19.0 Å². The van der Waals surface area contributed by atoms with Crippen molar-refractivity contribution in [2.45, 2.75) is 26.6 Å². The molecule has 1 aromatic carbocycles. The number of amides is 1. The van der Waals surface area contributed by atoms with Crippen LogP contribution < -0.4 is 15.6 Å². The van der Waals surface area contributed by atoms with Gasteiger partial charge in [0.2, 0.25) is 0 Å². The topological polar surface area (TPSA) is 129 Å². The van der Waals surface area contributed by atoms with Gasteiger partial charge in [0, 0.05) is 29.6 Å². The summed E-state index contributed by atoms with van der Waals surface area (Å²) in [6.45, 7) is 0.851. The number of aryl methyl sites for hydroxylation is 1. The highest BCUT2D eigenvalue weighted by molar-refractivity contribution is 5.89. The summed E-state index contributed by atoms with van der Waals surface area (Å²) in [5.74, 6) is -0.769. The first-order chi connectivity index (χ1) is 16.4. The molecule has 10 nitrogen and oxygen atoms in total. The van der Waals surface area contributed by atoms with Gasteiger partial charge in [-0.1, -0.05) is 0 Å². The van der Waals surface area contributed by atoms with Crippen LogP contribution in [0.2, 0.25) is 0 Å². The van der Waals surface area contributed by atoms with E-state index in [2.05, 4.69) is 10.3 Å². The molecule has 0 aliphatic carbocycles. The molecule has 11 heteroatoms. The molecular weight excluding hydrogens is 449 g/mol. The van der Waals surface area contributed by atoms with Crippen LogP contribution in [0.15, 0.2) is 23.0 Å². The van der Waals surface area contributed by atoms with Crippen LogP contribution in [0.4, 0.5) is 9.18 Å². The fourth-order valence-corrected chi connectivity index (χ4v) is 4.20. The Kier molecular flexibility index (Phi) is 5.40. The van der Waals surface area contributed by atoms with Crippen molar-refractivity contribution in [2.24, 2.45) is 0 Å². The number of benzene rings is 1. The minimum Gasteiger partial charge on any atom is -0.481 e. The van der Waals surface area contributed by atoms with Gasteiger partial charge in [-0.3, -0.25) is 4.79 Å². The molecule has 0 fully saturated rings. The van der Waals surface area contributed by atoms with Crippen LogP contribution in [0.3, 0.4) is 0 Å². The lowest BCUT2D eigenvalue weighted by Crippen LogP contribution is -2.26. The van der Waals surface area contributed by atoms with Crippen LogP contribution in [0, 0.1) is 12.7 Å². The molecule has 3 aromatic rings. The number of aliphatic hydroxyl groups is 1. The van der Waals surface area contributed by atoms with E-state index in [9.17, 15) is 18.8 Å². The monoisotopic (exact) mass is 469 g/mol. The summed E-state index contributed by atoms with van der Waals surface area (Å²) in [4.78, 5) is 41.5. The number of alkyl carbamates (subject to hydrolysis) is 1. The van der Waals surface area contributed by atoms with Crippen LogP contribution in [0.25, 0.3) is 22.3 Å². The maximum Gasteiger partial charge on any atom is 0.407 e. The number of nitrogens with zero attached hydrogens (tertiary/aromatic N) is 2. The maximum absolute atomic E-state index is 14.4. The van der Waals surface area contributed by atoms with Gasteiger partial charge in [0.25, 0.3) is 5.56 Å². The zero-order valence-electron chi connectivity index (χ0n) is 18.1. The van der Waals surface area contributed by atoms with E-state index < -0.39 is 17.9 Å². The Bertz CT molecular complexity index is 1420. The Morgan fingerprint density at radius 3 is 2.85 bits per heavy atom. The quantitative estimate of drug-likeness (QED) is 0.431. The predicted octanol–water partition coefficient (Wildman–Crippen LogP) is 1.53. The summed E-state index contributed by atoms with van der Waals surface area (Å²) in [6, 6.07) is 4.59. The molecule has 0 saturated carbocycles. The third kappa shape index (κ3) is 3.63. The van der Waals surface area contributed by atoms with Gasteiger partial charge in [0.1, 0.15) is 24.8 Å². The number of halogens is 1. The molecule has 1 amide bonds. The van der Waals surface area contributed by atoms with Crippen LogP contribution in [-0.4, -0.2) is 46.5 Å². The number of cyclic esters (lactones) is 1. The van der Waals surface area contributed by atoms with Crippen molar-refractivity contribution in [1.29, 1.82) is 0 Å². The number of hydrogen-bond acceptors (Lipinski definition) is 8. The van der Waals surface area contributed by atoms with Gasteiger partial charge in [0.05, 0.1) is 35.6 Å². The summed E-state index contributed by atoms with van der Waals surface area (Å²) in [7, 11) is 0. The fraction of sp³-hybridized carbons (Fsp3) is 0.304. The lowest BCUT2D eigenvalue weighted by molar-refractivity contribution is -0.146. The average molecular weight is 469 g/mol. The Balaban J connectivity index is 1.65. The minimum absolute atomic E-state index is 0.0350. The molecule has 0 atom stereocenters. The number of rotatable bonds is 4. The predicted molar refractivity (Wildman–Crippen MR) is 116 cm³/mol. The summed E-state index contributed by atoms with van der Waals surface area (Å²) in [5.41, 5.74) is 2.88. The van der Waals surface area contributed by atoms with Crippen LogP contribution in [0.5, 0.6) is 5.75 Å². The summed E-state index contributed by atoms with van der Waals surface area (Å²) in [6.07, 6.45) is -0.721. The molecule has 0 unspecified atom stereocenters. The SMILES string of the molecule is Cc1cc2c(CNC(=O)OCCO)c3c(nc2cc1F)-c1cc2c(c(=O)n1C3)COC(=O)CO2. The Morgan fingerprint density at radius 2 is 2.06 bits per heavy atom.